The van der Waals surface area contributed by atoms with Crippen LogP contribution in [-0.4, -0.2) is 57.6 Å². The smallest absolute Gasteiger partial charge is 0.259 e. The van der Waals surface area contributed by atoms with Crippen molar-refractivity contribution in [2.75, 3.05) is 20.7 Å². The second-order valence-corrected chi connectivity index (χ2v) is 6.85. The summed E-state index contributed by atoms with van der Waals surface area (Å²) < 4.78 is 7.22. The van der Waals surface area contributed by atoms with Gasteiger partial charge in [-0.3, -0.25) is 9.59 Å². The predicted molar refractivity (Wildman–Crippen MR) is 110 cm³/mol. The highest BCUT2D eigenvalue weighted by atomic mass is 16.5. The number of carbonyl (C=O) groups is 2. The van der Waals surface area contributed by atoms with Gasteiger partial charge in [0, 0.05) is 25.2 Å². The molecule has 3 rings (SSSR count). The maximum atomic E-state index is 12.9. The van der Waals surface area contributed by atoms with Gasteiger partial charge in [-0.2, -0.15) is 0 Å². The highest BCUT2D eigenvalue weighted by Gasteiger charge is 2.19. The fourth-order valence-electron chi connectivity index (χ4n) is 2.88. The van der Waals surface area contributed by atoms with E-state index in [1.165, 1.54) is 15.9 Å². The first-order valence-corrected chi connectivity index (χ1v) is 9.55. The van der Waals surface area contributed by atoms with E-state index in [-0.39, 0.29) is 24.5 Å². The topological polar surface area (TPSA) is 102 Å². The molecule has 3 aromatic rings. The lowest BCUT2D eigenvalue weighted by atomic mass is 10.0. The van der Waals surface area contributed by atoms with Crippen molar-refractivity contribution in [1.82, 2.24) is 30.4 Å². The van der Waals surface area contributed by atoms with Crippen molar-refractivity contribution in [2.45, 2.75) is 19.4 Å². The van der Waals surface area contributed by atoms with E-state index in [4.69, 9.17) is 4.74 Å². The SMILES string of the molecule is CCC(NC(=O)c1cccc(-n2cnnn2)c1)c1ccccc1OCC(=O)N(C)C. The van der Waals surface area contributed by atoms with Crippen LogP contribution < -0.4 is 10.1 Å². The molecule has 2 amide bonds. The van der Waals surface area contributed by atoms with Crippen LogP contribution in [0.4, 0.5) is 0 Å². The number of hydrogen-bond acceptors (Lipinski definition) is 6. The summed E-state index contributed by atoms with van der Waals surface area (Å²) >= 11 is 0. The van der Waals surface area contributed by atoms with Crippen LogP contribution in [-0.2, 0) is 4.79 Å². The summed E-state index contributed by atoms with van der Waals surface area (Å²) in [7, 11) is 3.35. The normalized spacial score (nSPS) is 11.6. The van der Waals surface area contributed by atoms with E-state index in [0.717, 1.165) is 5.56 Å². The molecule has 0 saturated carbocycles. The zero-order valence-corrected chi connectivity index (χ0v) is 17.1. The molecule has 0 aliphatic rings. The van der Waals surface area contributed by atoms with Gasteiger partial charge in [-0.25, -0.2) is 4.68 Å². The Kier molecular flexibility index (Phi) is 6.74. The number of benzene rings is 2. The quantitative estimate of drug-likeness (QED) is 0.612. The van der Waals surface area contributed by atoms with Crippen molar-refractivity contribution in [3.63, 3.8) is 0 Å². The summed E-state index contributed by atoms with van der Waals surface area (Å²) in [5.41, 5.74) is 1.99. The minimum absolute atomic E-state index is 0.0671. The van der Waals surface area contributed by atoms with Gasteiger partial charge in [0.1, 0.15) is 12.1 Å². The summed E-state index contributed by atoms with van der Waals surface area (Å²) in [6.45, 7) is 1.91. The van der Waals surface area contributed by atoms with Crippen molar-refractivity contribution in [3.05, 3.63) is 66.0 Å². The molecule has 0 saturated heterocycles. The molecule has 1 unspecified atom stereocenters. The molecule has 1 aromatic heterocycles. The fraction of sp³-hybridized carbons (Fsp3) is 0.286. The van der Waals surface area contributed by atoms with Crippen LogP contribution in [0.1, 0.15) is 35.3 Å². The second-order valence-electron chi connectivity index (χ2n) is 6.85. The molecule has 1 atom stereocenters. The molecule has 2 aromatic carbocycles. The van der Waals surface area contributed by atoms with Crippen LogP contribution in [0.15, 0.2) is 54.9 Å². The average Bonchev–Trinajstić information content (AvgIpc) is 3.31. The maximum Gasteiger partial charge on any atom is 0.259 e. The Labute approximate surface area is 174 Å². The Morgan fingerprint density at radius 1 is 1.17 bits per heavy atom. The Hall–Kier alpha value is -3.75. The Bertz CT molecular complexity index is 1000. The largest absolute Gasteiger partial charge is 0.483 e. The second kappa shape index (κ2) is 9.64. The number of amides is 2. The van der Waals surface area contributed by atoms with Crippen LogP contribution in [0.3, 0.4) is 0 Å². The van der Waals surface area contributed by atoms with Crippen molar-refractivity contribution < 1.29 is 14.3 Å². The number of likely N-dealkylation sites (N-methyl/N-ethyl adjacent to an activating group) is 1. The highest BCUT2D eigenvalue weighted by molar-refractivity contribution is 5.95. The molecule has 0 spiro atoms. The molecule has 9 heteroatoms. The van der Waals surface area contributed by atoms with Crippen molar-refractivity contribution >= 4 is 11.8 Å². The maximum absolute atomic E-state index is 12.9. The fourth-order valence-corrected chi connectivity index (χ4v) is 2.88. The van der Waals surface area contributed by atoms with E-state index in [9.17, 15) is 9.59 Å². The summed E-state index contributed by atoms with van der Waals surface area (Å²) in [6, 6.07) is 14.2. The molecule has 0 radical (unpaired) electrons. The number of rotatable bonds is 8. The van der Waals surface area contributed by atoms with Gasteiger partial charge in [-0.1, -0.05) is 31.2 Å². The minimum Gasteiger partial charge on any atom is -0.483 e. The Morgan fingerprint density at radius 2 is 1.97 bits per heavy atom. The lowest BCUT2D eigenvalue weighted by Gasteiger charge is -2.21. The lowest BCUT2D eigenvalue weighted by Crippen LogP contribution is -2.30. The van der Waals surface area contributed by atoms with E-state index in [1.54, 1.807) is 38.4 Å². The number of nitrogens with one attached hydrogen (secondary N) is 1. The van der Waals surface area contributed by atoms with Crippen LogP contribution in [0.5, 0.6) is 5.75 Å². The van der Waals surface area contributed by atoms with Gasteiger partial charge in [0.15, 0.2) is 6.61 Å². The number of para-hydroxylation sites is 1. The number of tetrazole rings is 1. The van der Waals surface area contributed by atoms with Crippen molar-refractivity contribution in [1.29, 1.82) is 0 Å². The predicted octanol–water partition coefficient (Wildman–Crippen LogP) is 2.01. The standard InChI is InChI=1S/C21H24N6O3/c1-4-18(17-10-5-6-11-19(17)30-13-20(28)26(2)3)23-21(29)15-8-7-9-16(12-15)27-14-22-24-25-27/h5-12,14,18H,4,13H2,1-3H3,(H,23,29). The number of hydrogen-bond donors (Lipinski definition) is 1. The average molecular weight is 408 g/mol. The zero-order chi connectivity index (χ0) is 21.5. The van der Waals surface area contributed by atoms with E-state index in [2.05, 4.69) is 20.8 Å². The van der Waals surface area contributed by atoms with Crippen LogP contribution >= 0.6 is 0 Å². The van der Waals surface area contributed by atoms with Gasteiger partial charge in [0.2, 0.25) is 0 Å². The zero-order valence-electron chi connectivity index (χ0n) is 17.1. The van der Waals surface area contributed by atoms with E-state index >= 15 is 0 Å². The summed E-state index contributed by atoms with van der Waals surface area (Å²) in [6.07, 6.45) is 2.12. The Morgan fingerprint density at radius 3 is 2.67 bits per heavy atom. The molecule has 0 bridgehead atoms. The molecule has 9 nitrogen and oxygen atoms in total. The van der Waals surface area contributed by atoms with Gasteiger partial charge >= 0.3 is 0 Å². The van der Waals surface area contributed by atoms with Crippen LogP contribution in [0, 0.1) is 0 Å². The number of nitrogens with zero attached hydrogens (tertiary/aromatic N) is 5. The van der Waals surface area contributed by atoms with E-state index in [0.29, 0.717) is 23.4 Å². The first-order chi connectivity index (χ1) is 14.5. The first-order valence-electron chi connectivity index (χ1n) is 9.55. The summed E-state index contributed by atoms with van der Waals surface area (Å²) in [5.74, 6) is 0.208. The number of aromatic nitrogens is 4. The van der Waals surface area contributed by atoms with Crippen molar-refractivity contribution in [3.8, 4) is 11.4 Å². The molecular formula is C21H24N6O3. The Balaban J connectivity index is 1.77. The monoisotopic (exact) mass is 408 g/mol. The van der Waals surface area contributed by atoms with Gasteiger partial charge in [-0.15, -0.1) is 5.10 Å². The van der Waals surface area contributed by atoms with E-state index < -0.39 is 0 Å². The third-order valence-electron chi connectivity index (χ3n) is 4.58. The molecule has 1 heterocycles. The van der Waals surface area contributed by atoms with E-state index in [1.807, 2.05) is 31.2 Å². The molecule has 0 fully saturated rings. The van der Waals surface area contributed by atoms with Crippen LogP contribution in [0.2, 0.25) is 0 Å². The first kappa shape index (κ1) is 21.0. The lowest BCUT2D eigenvalue weighted by molar-refractivity contribution is -0.130. The molecule has 1 N–H and O–H groups in total. The van der Waals surface area contributed by atoms with Gasteiger partial charge in [0.05, 0.1) is 11.7 Å². The highest BCUT2D eigenvalue weighted by Crippen LogP contribution is 2.27. The molecule has 156 valence electrons. The number of carbonyl (C=O) groups excluding carboxylic acids is 2. The number of ether oxygens (including phenoxy) is 1. The van der Waals surface area contributed by atoms with Gasteiger partial charge < -0.3 is 15.0 Å². The molecule has 30 heavy (non-hydrogen) atoms. The third kappa shape index (κ3) is 4.99. The van der Waals surface area contributed by atoms with Gasteiger partial charge in [-0.05, 0) is 41.1 Å². The minimum atomic E-state index is -0.278. The van der Waals surface area contributed by atoms with Gasteiger partial charge in [0.25, 0.3) is 11.8 Å². The molecular weight excluding hydrogens is 384 g/mol. The summed E-state index contributed by atoms with van der Waals surface area (Å²) in [4.78, 5) is 26.2. The van der Waals surface area contributed by atoms with Crippen LogP contribution in [0.25, 0.3) is 5.69 Å². The summed E-state index contributed by atoms with van der Waals surface area (Å²) in [5, 5.41) is 14.1. The third-order valence-corrected chi connectivity index (χ3v) is 4.58. The van der Waals surface area contributed by atoms with Crippen molar-refractivity contribution in [2.24, 2.45) is 0 Å². The molecule has 0 aliphatic heterocycles. The molecule has 0 aliphatic carbocycles.